The molecular formula is C13H16BrNO4S. The van der Waals surface area contributed by atoms with Gasteiger partial charge in [-0.25, -0.2) is 8.42 Å². The van der Waals surface area contributed by atoms with Gasteiger partial charge in [0.05, 0.1) is 16.0 Å². The molecule has 1 aromatic rings. The molecule has 1 aromatic carbocycles. The van der Waals surface area contributed by atoms with Crippen LogP contribution in [0.4, 0.5) is 0 Å². The van der Waals surface area contributed by atoms with E-state index in [0.29, 0.717) is 18.1 Å². The number of hydrogen-bond acceptors (Lipinski definition) is 5. The normalized spacial score (nSPS) is 23.1. The van der Waals surface area contributed by atoms with Crippen LogP contribution in [0.5, 0.6) is 11.5 Å². The summed E-state index contributed by atoms with van der Waals surface area (Å²) in [7, 11) is -2.79. The maximum Gasteiger partial charge on any atom is 0.231 e. The second kappa shape index (κ2) is 5.54. The number of hydrogen-bond donors (Lipinski definition) is 1. The Labute approximate surface area is 126 Å². The molecule has 1 fully saturated rings. The molecule has 0 spiro atoms. The first-order valence-electron chi connectivity index (χ1n) is 6.53. The Balaban J connectivity index is 1.56. The molecule has 2 aliphatic heterocycles. The summed E-state index contributed by atoms with van der Waals surface area (Å²) in [6.07, 6.45) is 0.764. The van der Waals surface area contributed by atoms with E-state index in [1.54, 1.807) is 0 Å². The summed E-state index contributed by atoms with van der Waals surface area (Å²) in [6.45, 7) is 1.67. The minimum absolute atomic E-state index is 0.234. The molecule has 110 valence electrons. The number of benzene rings is 1. The van der Waals surface area contributed by atoms with Gasteiger partial charge in [0.1, 0.15) is 0 Å². The summed E-state index contributed by atoms with van der Waals surface area (Å²) >= 11 is 3.46. The molecule has 0 aromatic heterocycles. The van der Waals surface area contributed by atoms with Crippen LogP contribution in [0.2, 0.25) is 0 Å². The van der Waals surface area contributed by atoms with E-state index in [4.69, 9.17) is 9.47 Å². The summed E-state index contributed by atoms with van der Waals surface area (Å²) < 4.78 is 34.4. The monoisotopic (exact) mass is 361 g/mol. The lowest BCUT2D eigenvalue weighted by atomic mass is 10.1. The van der Waals surface area contributed by atoms with Crippen molar-refractivity contribution >= 4 is 25.8 Å². The number of nitrogens with one attached hydrogen (secondary N) is 1. The highest BCUT2D eigenvalue weighted by molar-refractivity contribution is 9.10. The van der Waals surface area contributed by atoms with Crippen molar-refractivity contribution < 1.29 is 17.9 Å². The smallest absolute Gasteiger partial charge is 0.231 e. The van der Waals surface area contributed by atoms with E-state index in [1.807, 2.05) is 12.1 Å². The van der Waals surface area contributed by atoms with Gasteiger partial charge < -0.3 is 14.8 Å². The second-order valence-corrected chi connectivity index (χ2v) is 8.29. The first kappa shape index (κ1) is 14.2. The number of rotatable bonds is 4. The summed E-state index contributed by atoms with van der Waals surface area (Å²) in [5.74, 6) is 2.37. The fraction of sp³-hybridized carbons (Fsp3) is 0.538. The molecule has 0 bridgehead atoms. The number of fused-ring (bicyclic) bond motifs is 1. The largest absolute Gasteiger partial charge is 0.454 e. The fourth-order valence-corrected chi connectivity index (χ4v) is 5.04. The summed E-state index contributed by atoms with van der Waals surface area (Å²) in [5.41, 5.74) is 1.09. The van der Waals surface area contributed by atoms with Gasteiger partial charge in [0.15, 0.2) is 21.3 Å². The maximum atomic E-state index is 11.4. The first-order chi connectivity index (χ1) is 9.53. The van der Waals surface area contributed by atoms with Crippen LogP contribution in [0, 0.1) is 5.92 Å². The molecule has 0 radical (unpaired) electrons. The van der Waals surface area contributed by atoms with Crippen molar-refractivity contribution in [1.29, 1.82) is 0 Å². The molecule has 2 aliphatic rings. The predicted octanol–water partition coefficient (Wildman–Crippen LogP) is 1.70. The van der Waals surface area contributed by atoms with Gasteiger partial charge >= 0.3 is 0 Å². The van der Waals surface area contributed by atoms with Crippen molar-refractivity contribution in [2.45, 2.75) is 13.0 Å². The van der Waals surface area contributed by atoms with Crippen LogP contribution in [-0.4, -0.2) is 33.3 Å². The molecule has 0 amide bonds. The highest BCUT2D eigenvalue weighted by Gasteiger charge is 2.27. The first-order valence-corrected chi connectivity index (χ1v) is 9.14. The Hall–Kier alpha value is -0.790. The SMILES string of the molecule is O=S1(=O)CCC(CNCc2cc(Br)c3c(c2)OCO3)C1. The zero-order chi connectivity index (χ0) is 14.2. The lowest BCUT2D eigenvalue weighted by molar-refractivity contribution is 0.173. The molecule has 20 heavy (non-hydrogen) atoms. The molecular weight excluding hydrogens is 346 g/mol. The third-order valence-electron chi connectivity index (χ3n) is 3.58. The van der Waals surface area contributed by atoms with Gasteiger partial charge in [0.25, 0.3) is 0 Å². The van der Waals surface area contributed by atoms with E-state index >= 15 is 0 Å². The molecule has 0 aliphatic carbocycles. The third kappa shape index (κ3) is 3.10. The van der Waals surface area contributed by atoms with Gasteiger partial charge in [-0.15, -0.1) is 0 Å². The molecule has 0 saturated carbocycles. The quantitative estimate of drug-likeness (QED) is 0.884. The Morgan fingerprint density at radius 1 is 1.35 bits per heavy atom. The van der Waals surface area contributed by atoms with Crippen molar-refractivity contribution in [1.82, 2.24) is 5.32 Å². The lowest BCUT2D eigenvalue weighted by Gasteiger charge is -2.10. The fourth-order valence-electron chi connectivity index (χ4n) is 2.58. The van der Waals surface area contributed by atoms with E-state index in [1.165, 1.54) is 0 Å². The molecule has 3 rings (SSSR count). The zero-order valence-corrected chi connectivity index (χ0v) is 13.3. The highest BCUT2D eigenvalue weighted by Crippen LogP contribution is 2.39. The molecule has 2 heterocycles. The maximum absolute atomic E-state index is 11.4. The van der Waals surface area contributed by atoms with Gasteiger partial charge in [-0.1, -0.05) is 0 Å². The van der Waals surface area contributed by atoms with Crippen LogP contribution in [-0.2, 0) is 16.4 Å². The molecule has 1 atom stereocenters. The van der Waals surface area contributed by atoms with Crippen molar-refractivity contribution in [3.63, 3.8) is 0 Å². The van der Waals surface area contributed by atoms with Gasteiger partial charge in [-0.3, -0.25) is 0 Å². The van der Waals surface area contributed by atoms with E-state index in [2.05, 4.69) is 21.2 Å². The number of sulfone groups is 1. The topological polar surface area (TPSA) is 64.6 Å². The molecule has 1 unspecified atom stereocenters. The Morgan fingerprint density at radius 2 is 2.20 bits per heavy atom. The Morgan fingerprint density at radius 3 is 2.95 bits per heavy atom. The van der Waals surface area contributed by atoms with Crippen LogP contribution in [0.25, 0.3) is 0 Å². The van der Waals surface area contributed by atoms with Gasteiger partial charge in [-0.2, -0.15) is 0 Å². The van der Waals surface area contributed by atoms with E-state index in [-0.39, 0.29) is 12.7 Å². The van der Waals surface area contributed by atoms with Crippen LogP contribution in [0.1, 0.15) is 12.0 Å². The lowest BCUT2D eigenvalue weighted by Crippen LogP contribution is -2.23. The van der Waals surface area contributed by atoms with Gasteiger partial charge in [-0.05, 0) is 52.5 Å². The minimum atomic E-state index is -2.79. The Kier molecular flexibility index (Phi) is 3.92. The predicted molar refractivity (Wildman–Crippen MR) is 78.7 cm³/mol. The van der Waals surface area contributed by atoms with Crippen LogP contribution in [0.15, 0.2) is 16.6 Å². The zero-order valence-electron chi connectivity index (χ0n) is 10.9. The summed E-state index contributed by atoms with van der Waals surface area (Å²) in [4.78, 5) is 0. The molecule has 7 heteroatoms. The molecule has 1 N–H and O–H groups in total. The van der Waals surface area contributed by atoms with Crippen LogP contribution in [0.3, 0.4) is 0 Å². The number of ether oxygens (including phenoxy) is 2. The van der Waals surface area contributed by atoms with E-state index in [0.717, 1.165) is 34.5 Å². The second-order valence-electron chi connectivity index (χ2n) is 5.21. The minimum Gasteiger partial charge on any atom is -0.454 e. The third-order valence-corrected chi connectivity index (χ3v) is 6.00. The number of halogens is 1. The standard InChI is InChI=1S/C13H16BrNO4S/c14-11-3-10(4-12-13(11)19-8-18-12)6-15-5-9-1-2-20(16,17)7-9/h3-4,9,15H,1-2,5-8H2. The summed E-state index contributed by atoms with van der Waals surface area (Å²) in [6, 6.07) is 3.94. The average Bonchev–Trinajstić information content (AvgIpc) is 2.96. The molecule has 1 saturated heterocycles. The van der Waals surface area contributed by atoms with E-state index < -0.39 is 9.84 Å². The summed E-state index contributed by atoms with van der Waals surface area (Å²) in [5, 5.41) is 3.32. The van der Waals surface area contributed by atoms with Gasteiger partial charge in [0.2, 0.25) is 6.79 Å². The van der Waals surface area contributed by atoms with Crippen molar-refractivity contribution in [3.8, 4) is 11.5 Å². The van der Waals surface area contributed by atoms with E-state index in [9.17, 15) is 8.42 Å². The molecule has 5 nitrogen and oxygen atoms in total. The van der Waals surface area contributed by atoms with Crippen LogP contribution < -0.4 is 14.8 Å². The van der Waals surface area contributed by atoms with Crippen LogP contribution >= 0.6 is 15.9 Å². The van der Waals surface area contributed by atoms with Gasteiger partial charge in [0, 0.05) is 6.54 Å². The van der Waals surface area contributed by atoms with Crippen molar-refractivity contribution in [2.75, 3.05) is 24.8 Å². The average molecular weight is 362 g/mol. The van der Waals surface area contributed by atoms with Crippen molar-refractivity contribution in [2.24, 2.45) is 5.92 Å². The Bertz CT molecular complexity index is 617. The highest BCUT2D eigenvalue weighted by atomic mass is 79.9. The van der Waals surface area contributed by atoms with Crippen molar-refractivity contribution in [3.05, 3.63) is 22.2 Å².